The van der Waals surface area contributed by atoms with Crippen molar-refractivity contribution < 1.29 is 105 Å². The van der Waals surface area contributed by atoms with Crippen LogP contribution in [0.1, 0.15) is 22.3 Å². The topological polar surface area (TPSA) is 204 Å². The van der Waals surface area contributed by atoms with E-state index >= 15 is 0 Å². The van der Waals surface area contributed by atoms with Gasteiger partial charge in [0.05, 0.1) is 98.7 Å². The van der Waals surface area contributed by atoms with Crippen LogP contribution in [0, 0.1) is 52.0 Å². The summed E-state index contributed by atoms with van der Waals surface area (Å²) in [5, 5.41) is 47.7. The molecule has 0 atom stereocenters. The zero-order valence-corrected chi connectivity index (χ0v) is 95.2. The van der Waals surface area contributed by atoms with Gasteiger partial charge in [-0.25, -0.2) is 19.9 Å². The van der Waals surface area contributed by atoms with Crippen molar-refractivity contribution in [2.24, 2.45) is 28.2 Å². The Morgan fingerprint density at radius 3 is 0.764 bits per heavy atom. The molecule has 140 heavy (non-hydrogen) atoms. The molecule has 0 spiro atoms. The van der Waals surface area contributed by atoms with Crippen molar-refractivity contribution in [3.8, 4) is 158 Å². The Morgan fingerprint density at radius 2 is 0.479 bits per heavy atom. The van der Waals surface area contributed by atoms with Gasteiger partial charge in [0.25, 0.3) is 0 Å². The number of rotatable bonds is 16. The maximum atomic E-state index is 10.6. The minimum atomic E-state index is -1.62. The minimum Gasteiger partial charge on any atom is -0.507 e. The van der Waals surface area contributed by atoms with E-state index in [2.05, 4.69) is 265 Å². The third-order valence-electron chi connectivity index (χ3n) is 25.1. The minimum absolute atomic E-state index is 0. The van der Waals surface area contributed by atoms with Gasteiger partial charge in [0.1, 0.15) is 46.3 Å². The van der Waals surface area contributed by atoms with Crippen LogP contribution in [0.15, 0.2) is 292 Å². The van der Waals surface area contributed by atoms with Crippen molar-refractivity contribution in [2.75, 3.05) is 0 Å². The molecule has 0 radical (unpaired) electrons. The SMILES string of the molecule is Cc1ccc(O)c(-c2nc3c(-c4[c-]c(-c5cc([Si](C)(C)C)ccn5)ccc4)cccc3n2C)c1.Cc1ccc(O)c(-c2nc3c(-c4[c-]c(-c5cc([Si](C)(C)C)ccn5)ccc4)cccc3n2C)c1.Cc1ccc(O)c(-c2nc3c(-c4[c-]c(-c5ccccn5)ccc4)cc([Si](C)(C)C)cc3n2C)c1.Cc1ccc(O)c(-c2nc3c(-c4[c-]c(-c5ccccn5)ccc4)cc([Si](C)(C)C)cc3n2C)c1.[Pt].[Pt].[Pt].[Pt]. The summed E-state index contributed by atoms with van der Waals surface area (Å²) in [7, 11) is 1.90. The molecule has 8 aromatic heterocycles. The summed E-state index contributed by atoms with van der Waals surface area (Å²) in [4.78, 5) is 38.4. The zero-order chi connectivity index (χ0) is 96.1. The van der Waals surface area contributed by atoms with Gasteiger partial charge in [-0.15, -0.1) is 119 Å². The number of aromatic nitrogens is 12. The van der Waals surface area contributed by atoms with E-state index < -0.39 is 32.3 Å². The number of phenols is 4. The first-order valence-corrected chi connectivity index (χ1v) is 59.9. The number of para-hydroxylation sites is 2. The number of aryl methyl sites for hydroxylation is 8. The molecule has 20 rings (SSSR count). The van der Waals surface area contributed by atoms with Gasteiger partial charge in [-0.2, -0.15) is 0 Å². The van der Waals surface area contributed by atoms with Crippen molar-refractivity contribution in [1.82, 2.24) is 58.1 Å². The average molecular weight is 2630 g/mol. The van der Waals surface area contributed by atoms with Crippen LogP contribution < -0.4 is 20.7 Å². The quantitative estimate of drug-likeness (QED) is 0.0527. The molecule has 12 aromatic carbocycles. The van der Waals surface area contributed by atoms with Crippen LogP contribution >= 0.6 is 0 Å². The van der Waals surface area contributed by atoms with E-state index in [0.29, 0.717) is 0 Å². The Hall–Kier alpha value is -12.1. The van der Waals surface area contributed by atoms with Crippen LogP contribution in [-0.2, 0) is 112 Å². The smallest absolute Gasteiger partial charge is 0.143 e. The largest absolute Gasteiger partial charge is 0.507 e. The van der Waals surface area contributed by atoms with Gasteiger partial charge in [-0.1, -0.05) is 263 Å². The summed E-state index contributed by atoms with van der Waals surface area (Å²) < 4.78 is 8.27. The summed E-state index contributed by atoms with van der Waals surface area (Å²) in [6.07, 6.45) is 7.42. The van der Waals surface area contributed by atoms with Gasteiger partial charge in [0, 0.05) is 160 Å². The van der Waals surface area contributed by atoms with Crippen LogP contribution in [0.4, 0.5) is 0 Å². The Balaban J connectivity index is 0.000000156. The Bertz CT molecular complexity index is 7510. The molecule has 0 saturated carbocycles. The van der Waals surface area contributed by atoms with E-state index in [4.69, 9.17) is 19.9 Å². The summed E-state index contributed by atoms with van der Waals surface area (Å²) in [6.45, 7) is 36.3. The van der Waals surface area contributed by atoms with Crippen molar-refractivity contribution >= 4 is 97.2 Å². The van der Waals surface area contributed by atoms with Gasteiger partial charge in [0.15, 0.2) is 0 Å². The molecule has 20 aromatic rings. The van der Waals surface area contributed by atoms with E-state index in [-0.39, 0.29) is 107 Å². The third-order valence-corrected chi connectivity index (χ3v) is 33.3. The molecule has 0 aliphatic rings. The number of benzene rings is 12. The van der Waals surface area contributed by atoms with Gasteiger partial charge in [0.2, 0.25) is 0 Å². The molecule has 0 aliphatic heterocycles. The number of fused-ring (bicyclic) bond motifs is 4. The van der Waals surface area contributed by atoms with E-state index in [0.717, 1.165) is 201 Å². The monoisotopic (exact) mass is 2630 g/mol. The molecule has 720 valence electrons. The first-order chi connectivity index (χ1) is 64.9. The van der Waals surface area contributed by atoms with Crippen LogP contribution in [0.2, 0.25) is 78.6 Å². The third kappa shape index (κ3) is 22.4. The molecule has 0 amide bonds. The van der Waals surface area contributed by atoms with Crippen LogP contribution in [-0.4, -0.2) is 111 Å². The van der Waals surface area contributed by atoms with Crippen LogP contribution in [0.3, 0.4) is 0 Å². The predicted molar refractivity (Wildman–Crippen MR) is 572 cm³/mol. The molecule has 0 unspecified atom stereocenters. The summed E-state index contributed by atoms with van der Waals surface area (Å²) in [5.41, 5.74) is 30.6. The first kappa shape index (κ1) is 105. The molecule has 4 N–H and O–H groups in total. The Labute approximate surface area is 882 Å². The van der Waals surface area contributed by atoms with Crippen molar-refractivity contribution in [3.63, 3.8) is 0 Å². The van der Waals surface area contributed by atoms with Crippen molar-refractivity contribution in [3.05, 3.63) is 338 Å². The summed E-state index contributed by atoms with van der Waals surface area (Å²) >= 11 is 0. The molecular weight excluding hydrogens is 2520 g/mol. The fourth-order valence-corrected chi connectivity index (χ4v) is 21.8. The number of hydrogen-bond donors (Lipinski definition) is 4. The zero-order valence-electron chi connectivity index (χ0n) is 82.1. The average Bonchev–Trinajstić information content (AvgIpc) is 1.60. The predicted octanol–water partition coefficient (Wildman–Crippen LogP) is 25.3. The Morgan fingerprint density at radius 1 is 0.221 bits per heavy atom. The van der Waals surface area contributed by atoms with Gasteiger partial charge < -0.3 is 38.7 Å². The number of imidazole rings is 4. The molecule has 16 nitrogen and oxygen atoms in total. The second kappa shape index (κ2) is 43.2. The molecule has 0 bridgehead atoms. The van der Waals surface area contributed by atoms with Gasteiger partial charge >= 0.3 is 0 Å². The Kier molecular flexibility index (Phi) is 32.5. The normalized spacial score (nSPS) is 11.5. The number of nitrogens with zero attached hydrogens (tertiary/aromatic N) is 12. The number of aromatic hydroxyl groups is 4. The first-order valence-electron chi connectivity index (χ1n) is 45.9. The van der Waals surface area contributed by atoms with Crippen LogP contribution in [0.5, 0.6) is 23.0 Å². The summed E-state index contributed by atoms with van der Waals surface area (Å²) in [5.74, 6) is 3.92. The van der Waals surface area contributed by atoms with E-state index in [1.807, 2.05) is 187 Å². The standard InChI is InChI=1S/4C29H28N3OSi.4Pt/c2*1-19-12-13-27(33)24(16-19)29-31-28-23(10-7-11-26(28)32(29)2)20-8-6-9-21(17-20)25-18-22(14-15-30-25)34(3,4)5;2*1-19-12-13-27(33)24(15-19)29-31-28-23(17-22(34(3,4)5)18-26(28)32(29)2)20-9-8-10-21(16-20)25-11-6-7-14-30-25;;;;/h2*6-16,18,33H,1-5H3;2*6-15,17-18,33H,1-5H3;;;;/q4*-1;;;;. The number of phenolic OH excluding ortho intramolecular Hbond substituents is 4. The second-order valence-corrected chi connectivity index (χ2v) is 59.7. The van der Waals surface area contributed by atoms with Gasteiger partial charge in [-0.05, 0) is 125 Å². The molecule has 0 aliphatic carbocycles. The van der Waals surface area contributed by atoms with E-state index in [1.165, 1.54) is 20.7 Å². The maximum Gasteiger partial charge on any atom is 0.143 e. The van der Waals surface area contributed by atoms with E-state index in [1.54, 1.807) is 36.7 Å². The van der Waals surface area contributed by atoms with Crippen LogP contribution in [0.25, 0.3) is 179 Å². The molecule has 0 fully saturated rings. The maximum absolute atomic E-state index is 10.6. The van der Waals surface area contributed by atoms with E-state index in [9.17, 15) is 20.4 Å². The number of pyridine rings is 4. The molecule has 0 saturated heterocycles. The second-order valence-electron chi connectivity index (χ2n) is 39.4. The van der Waals surface area contributed by atoms with Crippen molar-refractivity contribution in [1.29, 1.82) is 0 Å². The fourth-order valence-electron chi connectivity index (χ4n) is 17.2. The van der Waals surface area contributed by atoms with Gasteiger partial charge in [-0.3, -0.25) is 19.9 Å². The summed E-state index contributed by atoms with van der Waals surface area (Å²) in [6, 6.07) is 104. The fraction of sp³-hybridized carbons (Fsp3) is 0.172. The molecule has 8 heterocycles. The molecular formula is C116H112N12O4Pt4Si4-4. The van der Waals surface area contributed by atoms with Crippen molar-refractivity contribution in [2.45, 2.75) is 106 Å². The number of hydrogen-bond acceptors (Lipinski definition) is 12. The molecule has 24 heteroatoms.